The average molecular weight is 1010 g/mol. The molecule has 22 heteroatoms. The van der Waals surface area contributed by atoms with E-state index in [1.807, 2.05) is 18.2 Å². The first-order valence-electron chi connectivity index (χ1n) is 21.2. The maximum Gasteiger partial charge on any atom is 0.205 e. The molecule has 0 amide bonds. The first-order chi connectivity index (χ1) is 35.0. The van der Waals surface area contributed by atoms with Gasteiger partial charge in [0.15, 0.2) is 69.0 Å². The fraction of sp³-hybridized carbons (Fsp3) is 0. The second-order valence-corrected chi connectivity index (χ2v) is 17.1. The van der Waals surface area contributed by atoms with Crippen LogP contribution in [0.3, 0.4) is 0 Å². The summed E-state index contributed by atoms with van der Waals surface area (Å²) in [4.78, 5) is 0. The molecule has 0 saturated carbocycles. The van der Waals surface area contributed by atoms with Gasteiger partial charge in [-0.2, -0.15) is 0 Å². The van der Waals surface area contributed by atoms with Crippen molar-refractivity contribution in [1.82, 2.24) is 0 Å². The first-order valence-corrected chi connectivity index (χ1v) is 21.2. The Kier molecular flexibility index (Phi) is 9.14. The molecule has 0 saturated heterocycles. The standard InChI is InChI=1S/C52H32O22/c53-32-21-19(13-7-5-12(6-8-13)14-9-10-18-16(11-14)15-3-1-2-4-17(15)74-18)22-24(36(57)48(69)47(68)35(22)56)20(27-33(54)30-31(41(62)39(27)60)45(66)52(73)51(72)44(30)65)23(21)34(55)40(61)28(32)25-26-29(42(63)46(67)37(25)58)43(64)50(71)49(70)38(26)59/h1-11,53-73H. The molecule has 372 valence electrons. The maximum absolute atomic E-state index is 12.8. The molecule has 22 nitrogen and oxygen atoms in total. The summed E-state index contributed by atoms with van der Waals surface area (Å²) in [6.45, 7) is 0. The van der Waals surface area contributed by atoms with Crippen LogP contribution in [0.4, 0.5) is 0 Å². The van der Waals surface area contributed by atoms with Crippen molar-refractivity contribution in [3.63, 3.8) is 0 Å². The molecule has 0 fully saturated rings. The summed E-state index contributed by atoms with van der Waals surface area (Å²) >= 11 is 0. The Bertz CT molecular complexity index is 4420. The Labute approximate surface area is 407 Å². The highest BCUT2D eigenvalue weighted by Crippen LogP contribution is 2.68. The fourth-order valence-corrected chi connectivity index (χ4v) is 9.90. The van der Waals surface area contributed by atoms with Crippen molar-refractivity contribution >= 4 is 65.0 Å². The van der Waals surface area contributed by atoms with E-state index in [0.717, 1.165) is 10.8 Å². The predicted octanol–water partition coefficient (Wildman–Crippen LogP) is 8.68. The largest absolute Gasteiger partial charge is 0.506 e. The molecule has 0 aliphatic heterocycles. The first kappa shape index (κ1) is 45.3. The zero-order chi connectivity index (χ0) is 53.2. The number of phenols is 21. The number of benzene rings is 10. The highest BCUT2D eigenvalue weighted by atomic mass is 16.4. The fourth-order valence-electron chi connectivity index (χ4n) is 9.90. The molecule has 0 radical (unpaired) electrons. The lowest BCUT2D eigenvalue weighted by Crippen LogP contribution is -1.97. The van der Waals surface area contributed by atoms with Gasteiger partial charge in [-0.25, -0.2) is 0 Å². The molecule has 0 atom stereocenters. The zero-order valence-corrected chi connectivity index (χ0v) is 36.7. The summed E-state index contributed by atoms with van der Waals surface area (Å²) in [7, 11) is 0. The van der Waals surface area contributed by atoms with Gasteiger partial charge in [-0.1, -0.05) is 48.5 Å². The number of rotatable bonds is 4. The Balaban J connectivity index is 1.37. The van der Waals surface area contributed by atoms with E-state index in [9.17, 15) is 107 Å². The average Bonchev–Trinajstić information content (AvgIpc) is 3.77. The Morgan fingerprint density at radius 2 is 0.514 bits per heavy atom. The third-order valence-electron chi connectivity index (χ3n) is 13.3. The second-order valence-electron chi connectivity index (χ2n) is 17.1. The smallest absolute Gasteiger partial charge is 0.205 e. The van der Waals surface area contributed by atoms with Crippen LogP contribution in [0.2, 0.25) is 0 Å². The van der Waals surface area contributed by atoms with E-state index in [0.29, 0.717) is 22.3 Å². The van der Waals surface area contributed by atoms with Crippen LogP contribution in [0, 0.1) is 0 Å². The quantitative estimate of drug-likeness (QED) is 0.0445. The molecule has 0 aliphatic carbocycles. The highest BCUT2D eigenvalue weighted by Gasteiger charge is 2.39. The lowest BCUT2D eigenvalue weighted by Gasteiger charge is -2.25. The van der Waals surface area contributed by atoms with Crippen molar-refractivity contribution in [2.75, 3.05) is 0 Å². The summed E-state index contributed by atoms with van der Waals surface area (Å²) in [5.41, 5.74) is -3.65. The van der Waals surface area contributed by atoms with Gasteiger partial charge in [0.05, 0.1) is 27.3 Å². The van der Waals surface area contributed by atoms with Crippen molar-refractivity contribution < 1.29 is 112 Å². The van der Waals surface area contributed by atoms with Crippen LogP contribution < -0.4 is 0 Å². The highest BCUT2D eigenvalue weighted by molar-refractivity contribution is 6.32. The van der Waals surface area contributed by atoms with Crippen LogP contribution in [0.1, 0.15) is 0 Å². The van der Waals surface area contributed by atoms with Gasteiger partial charge in [-0.15, -0.1) is 0 Å². The van der Waals surface area contributed by atoms with Gasteiger partial charge in [0, 0.05) is 54.4 Å². The maximum atomic E-state index is 12.8. The minimum absolute atomic E-state index is 0.195. The Morgan fingerprint density at radius 1 is 0.203 bits per heavy atom. The predicted molar refractivity (Wildman–Crippen MR) is 260 cm³/mol. The summed E-state index contributed by atoms with van der Waals surface area (Å²) in [5, 5.41) is 231. The monoisotopic (exact) mass is 1010 g/mol. The van der Waals surface area contributed by atoms with E-state index in [2.05, 4.69) is 0 Å². The van der Waals surface area contributed by atoms with E-state index < -0.39 is 192 Å². The molecule has 1 aromatic heterocycles. The number of aromatic hydroxyl groups is 21. The summed E-state index contributed by atoms with van der Waals surface area (Å²) in [5.74, 6) is -31.8. The number of furan rings is 1. The number of phenolic OH excluding ortho intramolecular Hbond substituents is 21. The van der Waals surface area contributed by atoms with E-state index in [-0.39, 0.29) is 5.56 Å². The molecule has 0 spiro atoms. The van der Waals surface area contributed by atoms with Gasteiger partial charge >= 0.3 is 0 Å². The summed E-state index contributed by atoms with van der Waals surface area (Å²) in [6.07, 6.45) is 0. The van der Waals surface area contributed by atoms with E-state index >= 15 is 0 Å². The normalized spacial score (nSPS) is 11.8. The topological polar surface area (TPSA) is 438 Å². The van der Waals surface area contributed by atoms with Crippen molar-refractivity contribution in [2.24, 2.45) is 0 Å². The SMILES string of the molecule is Oc1c(O)c(O)c2c(O)c(-c3c4c(O)c(O)c(O)c(O)c4c(-c4ccc(-c5ccc6oc7ccccc7c6c5)cc4)c4c(O)c(-c5c(O)c(O)c(O)c6c(O)c(O)c(O)c(O)c56)c(O)c(O)c34)c(O)c(O)c2c1O. The number of para-hydroxylation sites is 1. The van der Waals surface area contributed by atoms with Gasteiger partial charge in [-0.3, -0.25) is 0 Å². The Hall–Kier alpha value is -11.2. The number of hydrogen-bond donors (Lipinski definition) is 21. The van der Waals surface area contributed by atoms with Gasteiger partial charge < -0.3 is 112 Å². The molecular formula is C52H32O22. The number of hydrogen-bond acceptors (Lipinski definition) is 22. The molecule has 11 aromatic rings. The molecule has 1 heterocycles. The van der Waals surface area contributed by atoms with Crippen molar-refractivity contribution in [1.29, 1.82) is 0 Å². The molecule has 0 aliphatic rings. The lowest BCUT2D eigenvalue weighted by atomic mass is 9.80. The summed E-state index contributed by atoms with van der Waals surface area (Å²) < 4.78 is 5.96. The van der Waals surface area contributed by atoms with Gasteiger partial charge in [-0.05, 0) is 34.9 Å². The van der Waals surface area contributed by atoms with Crippen LogP contribution in [0.15, 0.2) is 71.1 Å². The van der Waals surface area contributed by atoms with Crippen molar-refractivity contribution in [3.8, 4) is 165 Å². The van der Waals surface area contributed by atoms with Crippen LogP contribution >= 0.6 is 0 Å². The molecule has 21 N–H and O–H groups in total. The second kappa shape index (κ2) is 14.9. The minimum atomic E-state index is -1.66. The third-order valence-corrected chi connectivity index (χ3v) is 13.3. The Morgan fingerprint density at radius 3 is 1.04 bits per heavy atom. The van der Waals surface area contributed by atoms with E-state index in [4.69, 9.17) is 4.42 Å². The number of fused-ring (bicyclic) bond motifs is 7. The molecule has 0 unspecified atom stereocenters. The van der Waals surface area contributed by atoms with Crippen LogP contribution in [-0.4, -0.2) is 107 Å². The molecular weight excluding hydrogens is 977 g/mol. The van der Waals surface area contributed by atoms with E-state index in [1.165, 1.54) is 24.3 Å². The molecule has 0 bridgehead atoms. The molecule has 74 heavy (non-hydrogen) atoms. The molecule has 10 aromatic carbocycles. The third kappa shape index (κ3) is 5.51. The molecule has 11 rings (SSSR count). The van der Waals surface area contributed by atoms with Gasteiger partial charge in [0.25, 0.3) is 0 Å². The van der Waals surface area contributed by atoms with Crippen LogP contribution in [0.25, 0.3) is 110 Å². The van der Waals surface area contributed by atoms with Gasteiger partial charge in [0.1, 0.15) is 22.7 Å². The van der Waals surface area contributed by atoms with Gasteiger partial charge in [0.2, 0.25) is 40.2 Å². The minimum Gasteiger partial charge on any atom is -0.506 e. The summed E-state index contributed by atoms with van der Waals surface area (Å²) in [6, 6.07) is 18.1. The van der Waals surface area contributed by atoms with Crippen LogP contribution in [0.5, 0.6) is 121 Å². The van der Waals surface area contributed by atoms with Crippen molar-refractivity contribution in [2.45, 2.75) is 0 Å². The lowest BCUT2D eigenvalue weighted by molar-refractivity contribution is 0.347. The van der Waals surface area contributed by atoms with Crippen LogP contribution in [-0.2, 0) is 0 Å². The van der Waals surface area contributed by atoms with Crippen molar-refractivity contribution in [3.05, 3.63) is 66.7 Å². The zero-order valence-electron chi connectivity index (χ0n) is 36.7. The van der Waals surface area contributed by atoms with E-state index in [1.54, 1.807) is 24.3 Å².